The number of imide groups is 1. The summed E-state index contributed by atoms with van der Waals surface area (Å²) in [6, 6.07) is 52.3. The van der Waals surface area contributed by atoms with Gasteiger partial charge in [-0.25, -0.2) is 0 Å². The summed E-state index contributed by atoms with van der Waals surface area (Å²) >= 11 is 0. The minimum absolute atomic E-state index is 0.0513. The van der Waals surface area contributed by atoms with E-state index in [0.29, 0.717) is 25.0 Å². The van der Waals surface area contributed by atoms with Crippen molar-refractivity contribution in [3.05, 3.63) is 209 Å². The van der Waals surface area contributed by atoms with E-state index >= 15 is 0 Å². The molecule has 6 aromatic rings. The largest absolute Gasteiger partial charge is 0.497 e. The Morgan fingerprint density at radius 3 is 1.50 bits per heavy atom. The van der Waals surface area contributed by atoms with Crippen LogP contribution in [0.15, 0.2) is 170 Å². The molecule has 410 valence electrons. The molecule has 6 aromatic carbocycles. The predicted molar refractivity (Wildman–Crippen MR) is 288 cm³/mol. The van der Waals surface area contributed by atoms with Crippen molar-refractivity contribution in [2.45, 2.75) is 127 Å². The van der Waals surface area contributed by atoms with Crippen LogP contribution in [0.5, 0.6) is 5.75 Å². The molecule has 0 aliphatic carbocycles. The van der Waals surface area contributed by atoms with Gasteiger partial charge in [-0.3, -0.25) is 19.3 Å². The molecular formula is C63H69NO14. The number of hydrogen-bond acceptors (Lipinski definition) is 14. The van der Waals surface area contributed by atoms with Gasteiger partial charge in [0.05, 0.1) is 71.1 Å². The third-order valence-corrected chi connectivity index (χ3v) is 14.1. The molecule has 10 atom stereocenters. The van der Waals surface area contributed by atoms with Gasteiger partial charge in [-0.05, 0) is 71.8 Å². The van der Waals surface area contributed by atoms with Crippen LogP contribution >= 0.6 is 0 Å². The van der Waals surface area contributed by atoms with E-state index in [2.05, 4.69) is 0 Å². The van der Waals surface area contributed by atoms with E-state index in [1.165, 1.54) is 12.0 Å². The predicted octanol–water partition coefficient (Wildman–Crippen LogP) is 9.82. The fourth-order valence-corrected chi connectivity index (χ4v) is 10.0. The van der Waals surface area contributed by atoms with Gasteiger partial charge in [-0.1, -0.05) is 152 Å². The smallest absolute Gasteiger partial charge is 0.305 e. The van der Waals surface area contributed by atoms with Crippen LogP contribution in [0.3, 0.4) is 0 Å². The molecule has 3 aliphatic rings. The van der Waals surface area contributed by atoms with E-state index < -0.39 is 73.2 Å². The van der Waals surface area contributed by atoms with E-state index in [4.69, 9.17) is 52.1 Å². The fraction of sp³-hybridized carbons (Fsp3) is 0.381. The maximum absolute atomic E-state index is 14.8. The number of ether oxygens (including phenoxy) is 11. The van der Waals surface area contributed by atoms with Gasteiger partial charge in [0.15, 0.2) is 12.6 Å². The number of esters is 1. The molecule has 2 amide bonds. The number of carbonyl (C=O) groups is 3. The van der Waals surface area contributed by atoms with Crippen molar-refractivity contribution >= 4 is 17.8 Å². The lowest BCUT2D eigenvalue weighted by Crippen LogP contribution is -2.69. The Morgan fingerprint density at radius 1 is 0.487 bits per heavy atom. The molecule has 3 heterocycles. The lowest BCUT2D eigenvalue weighted by Gasteiger charge is -2.51. The number of amides is 2. The Morgan fingerprint density at radius 2 is 0.974 bits per heavy atom. The van der Waals surface area contributed by atoms with Gasteiger partial charge in [-0.15, -0.1) is 0 Å². The quantitative estimate of drug-likeness (QED) is 0.0273. The number of hydrogen-bond donors (Lipinski definition) is 0. The first kappa shape index (κ1) is 56.1. The average molecular weight is 1060 g/mol. The molecule has 0 radical (unpaired) electrons. The van der Waals surface area contributed by atoms with Crippen LogP contribution in [0, 0.1) is 0 Å². The van der Waals surface area contributed by atoms with Crippen molar-refractivity contribution in [1.29, 1.82) is 0 Å². The van der Waals surface area contributed by atoms with E-state index in [-0.39, 0.29) is 69.8 Å². The van der Waals surface area contributed by atoms with Crippen LogP contribution in [0.25, 0.3) is 0 Å². The van der Waals surface area contributed by atoms with Crippen LogP contribution in [-0.2, 0) is 85.2 Å². The Hall–Kier alpha value is -6.63. The first-order valence-electron chi connectivity index (χ1n) is 26.7. The third-order valence-electron chi connectivity index (χ3n) is 14.1. The van der Waals surface area contributed by atoms with Crippen LogP contribution in [0.1, 0.15) is 81.1 Å². The lowest BCUT2D eigenvalue weighted by atomic mass is 9.93. The summed E-state index contributed by atoms with van der Waals surface area (Å²) in [7, 11) is 2.98. The highest BCUT2D eigenvalue weighted by molar-refractivity contribution is 6.21. The van der Waals surface area contributed by atoms with Crippen molar-refractivity contribution < 1.29 is 66.5 Å². The zero-order chi connectivity index (χ0) is 54.1. The van der Waals surface area contributed by atoms with Crippen LogP contribution < -0.4 is 4.74 Å². The van der Waals surface area contributed by atoms with Gasteiger partial charge in [0, 0.05) is 13.0 Å². The van der Waals surface area contributed by atoms with Gasteiger partial charge < -0.3 is 52.1 Å². The number of nitrogens with zero attached hydrogens (tertiary/aromatic N) is 1. The molecule has 0 unspecified atom stereocenters. The standard InChI is InChI=1S/C63H69NO14/c1-43-55(72-38-44-21-9-4-10-22-44)58(74-40-46-25-13-6-14-26-46)59(75-41-47-27-15-7-16-28-47)63(76-43)78-56-52(42-70-37-48-32-34-49(68-2)35-33-48)77-62(71-36-20-8-17-31-53(65)69-3)54(57(56)73-39-45-23-11-5-12-24-45)64-60(66)50-29-18-19-30-51(50)61(64)67/h4-7,9-16,18-19,21-30,32-35,43,52,54-59,62-63H,8,17,20,31,36-42H2,1-3H3/t43-,52+,54+,55+,56+,57+,58+,59-,62+,63-/m0/s1. The average Bonchev–Trinajstić information content (AvgIpc) is 3.87. The normalized spacial score (nSPS) is 24.0. The molecule has 0 bridgehead atoms. The molecule has 15 heteroatoms. The number of unbranched alkanes of at least 4 members (excludes halogenated alkanes) is 2. The van der Waals surface area contributed by atoms with E-state index in [9.17, 15) is 14.4 Å². The Bertz CT molecular complexity index is 2750. The summed E-state index contributed by atoms with van der Waals surface area (Å²) in [4.78, 5) is 42.8. The monoisotopic (exact) mass is 1060 g/mol. The van der Waals surface area contributed by atoms with E-state index in [0.717, 1.165) is 27.8 Å². The molecule has 2 fully saturated rings. The summed E-state index contributed by atoms with van der Waals surface area (Å²) in [6.07, 6.45) is -6.65. The first-order valence-corrected chi connectivity index (χ1v) is 26.7. The molecule has 2 saturated heterocycles. The second-order valence-electron chi connectivity index (χ2n) is 19.5. The lowest BCUT2D eigenvalue weighted by molar-refractivity contribution is -0.363. The van der Waals surface area contributed by atoms with Crippen molar-refractivity contribution in [3.63, 3.8) is 0 Å². The van der Waals surface area contributed by atoms with Crippen molar-refractivity contribution in [2.75, 3.05) is 27.4 Å². The van der Waals surface area contributed by atoms with Crippen LogP contribution in [-0.4, -0.2) is 111 Å². The highest BCUT2D eigenvalue weighted by Gasteiger charge is 2.58. The zero-order valence-corrected chi connectivity index (χ0v) is 44.4. The summed E-state index contributed by atoms with van der Waals surface area (Å²) in [5.41, 5.74) is 5.02. The molecule has 3 aliphatic heterocycles. The Kier molecular flexibility index (Phi) is 20.4. The van der Waals surface area contributed by atoms with Gasteiger partial charge in [-0.2, -0.15) is 0 Å². The summed E-state index contributed by atoms with van der Waals surface area (Å²) in [6.45, 7) is 2.93. The molecular weight excluding hydrogens is 995 g/mol. The molecule has 15 nitrogen and oxygen atoms in total. The van der Waals surface area contributed by atoms with E-state index in [1.807, 2.05) is 153 Å². The molecule has 78 heavy (non-hydrogen) atoms. The summed E-state index contributed by atoms with van der Waals surface area (Å²) < 4.78 is 72.9. The number of methoxy groups -OCH3 is 2. The van der Waals surface area contributed by atoms with Gasteiger partial charge >= 0.3 is 5.97 Å². The van der Waals surface area contributed by atoms with Crippen molar-refractivity contribution in [2.24, 2.45) is 0 Å². The minimum Gasteiger partial charge on any atom is -0.497 e. The number of rotatable bonds is 27. The molecule has 9 rings (SSSR count). The molecule has 0 N–H and O–H groups in total. The highest BCUT2D eigenvalue weighted by atomic mass is 16.8. The van der Waals surface area contributed by atoms with Gasteiger partial charge in [0.1, 0.15) is 48.4 Å². The number of carbonyl (C=O) groups excluding carboxylic acids is 3. The van der Waals surface area contributed by atoms with Crippen molar-refractivity contribution in [1.82, 2.24) is 4.90 Å². The Labute approximate surface area is 456 Å². The second kappa shape index (κ2) is 28.3. The highest BCUT2D eigenvalue weighted by Crippen LogP contribution is 2.39. The second-order valence-corrected chi connectivity index (χ2v) is 19.5. The molecule has 0 saturated carbocycles. The van der Waals surface area contributed by atoms with Crippen LogP contribution in [0.4, 0.5) is 0 Å². The SMILES string of the molecule is COC(=O)CCCCCO[C@@H]1O[C@H](COCc2ccc(OC)cc2)[C@@H](O[C@@H]2O[C@@H](C)[C@@H](OCc3ccccc3)[C@@H](OCc3ccccc3)[C@@H]2OCc2ccccc2)[C@H](OCc2ccccc2)[C@H]1N1C(=O)c2ccccc2C1=O. The third kappa shape index (κ3) is 14.5. The van der Waals surface area contributed by atoms with Gasteiger partial charge in [0.25, 0.3) is 11.8 Å². The maximum atomic E-state index is 14.8. The number of benzene rings is 6. The molecule has 0 spiro atoms. The fourth-order valence-electron chi connectivity index (χ4n) is 10.0. The maximum Gasteiger partial charge on any atom is 0.305 e. The number of fused-ring (bicyclic) bond motifs is 1. The van der Waals surface area contributed by atoms with Crippen molar-refractivity contribution in [3.8, 4) is 5.75 Å². The minimum atomic E-state index is -1.24. The van der Waals surface area contributed by atoms with Crippen LogP contribution in [0.2, 0.25) is 0 Å². The topological polar surface area (TPSA) is 156 Å². The van der Waals surface area contributed by atoms with Gasteiger partial charge in [0.2, 0.25) is 0 Å². The molecule has 0 aromatic heterocycles. The first-order chi connectivity index (χ1) is 38.3. The summed E-state index contributed by atoms with van der Waals surface area (Å²) in [5.74, 6) is -0.657. The Balaban J connectivity index is 1.11. The zero-order valence-electron chi connectivity index (χ0n) is 44.4. The summed E-state index contributed by atoms with van der Waals surface area (Å²) in [5, 5.41) is 0. The van der Waals surface area contributed by atoms with E-state index in [1.54, 1.807) is 31.4 Å².